The fraction of sp³-hybridized carbons (Fsp3) is 0.222. The van der Waals surface area contributed by atoms with Crippen molar-refractivity contribution < 1.29 is 13.2 Å². The van der Waals surface area contributed by atoms with Gasteiger partial charge < -0.3 is 11.5 Å². The molecule has 0 fully saturated rings. The summed E-state index contributed by atoms with van der Waals surface area (Å²) in [6.45, 7) is -0.376. The average Bonchev–Trinajstić information content (AvgIpc) is 2.15. The molecule has 0 heterocycles. The lowest BCUT2D eigenvalue weighted by Crippen LogP contribution is -2.35. The molecule has 1 amide bonds. The molecular formula is C9H12BrN3O3S. The first-order chi connectivity index (χ1) is 7.75. The molecule has 1 rings (SSSR count). The predicted octanol–water partition coefficient (Wildman–Crippen LogP) is 0.137. The van der Waals surface area contributed by atoms with E-state index in [-0.39, 0.29) is 11.4 Å². The maximum absolute atomic E-state index is 12.0. The van der Waals surface area contributed by atoms with Crippen LogP contribution < -0.4 is 11.5 Å². The number of carbonyl (C=O) groups is 1. The number of likely N-dealkylation sites (N-methyl/N-ethyl adjacent to an activating group) is 1. The second-order valence-electron chi connectivity index (χ2n) is 3.42. The van der Waals surface area contributed by atoms with Crippen molar-refractivity contribution in [3.63, 3.8) is 0 Å². The first-order valence-corrected chi connectivity index (χ1v) is 6.78. The van der Waals surface area contributed by atoms with Crippen LogP contribution in [0.25, 0.3) is 0 Å². The lowest BCUT2D eigenvalue weighted by Gasteiger charge is -2.16. The van der Waals surface area contributed by atoms with E-state index in [1.807, 2.05) is 0 Å². The normalized spacial score (nSPS) is 11.7. The largest absolute Gasteiger partial charge is 0.399 e. The number of nitrogen functional groups attached to an aromatic ring is 1. The molecule has 0 spiro atoms. The first kappa shape index (κ1) is 13.9. The zero-order valence-electron chi connectivity index (χ0n) is 9.05. The maximum Gasteiger partial charge on any atom is 0.244 e. The van der Waals surface area contributed by atoms with Gasteiger partial charge in [0, 0.05) is 17.2 Å². The average molecular weight is 322 g/mol. The fourth-order valence-electron chi connectivity index (χ4n) is 1.20. The summed E-state index contributed by atoms with van der Waals surface area (Å²) in [5, 5.41) is 0. The van der Waals surface area contributed by atoms with Crippen molar-refractivity contribution in [2.75, 3.05) is 19.3 Å². The molecule has 0 saturated heterocycles. The number of carbonyl (C=O) groups excluding carboxylic acids is 1. The molecule has 4 N–H and O–H groups in total. The lowest BCUT2D eigenvalue weighted by atomic mass is 10.3. The van der Waals surface area contributed by atoms with Crippen molar-refractivity contribution in [1.82, 2.24) is 4.31 Å². The van der Waals surface area contributed by atoms with Crippen LogP contribution in [0, 0.1) is 0 Å². The molecule has 0 unspecified atom stereocenters. The van der Waals surface area contributed by atoms with Crippen LogP contribution in [0.3, 0.4) is 0 Å². The van der Waals surface area contributed by atoms with Gasteiger partial charge in [0.05, 0.1) is 11.4 Å². The molecule has 1 aromatic rings. The van der Waals surface area contributed by atoms with E-state index in [1.165, 1.54) is 25.2 Å². The summed E-state index contributed by atoms with van der Waals surface area (Å²) in [6, 6.07) is 4.31. The molecular weight excluding hydrogens is 310 g/mol. The molecule has 0 aliphatic carbocycles. The highest BCUT2D eigenvalue weighted by Gasteiger charge is 2.24. The van der Waals surface area contributed by atoms with Crippen LogP contribution in [0.1, 0.15) is 0 Å². The standard InChI is InChI=1S/C9H12BrN3O3S/c1-13(5-9(12)14)17(15,16)8-3-2-6(11)4-7(8)10/h2-4H,5,11H2,1H3,(H2,12,14). The minimum absolute atomic E-state index is 0.0375. The van der Waals surface area contributed by atoms with Gasteiger partial charge in [0.15, 0.2) is 0 Å². The van der Waals surface area contributed by atoms with Crippen LogP contribution in [0.2, 0.25) is 0 Å². The number of amides is 1. The van der Waals surface area contributed by atoms with Gasteiger partial charge in [-0.25, -0.2) is 8.42 Å². The van der Waals surface area contributed by atoms with Crippen LogP contribution in [0.15, 0.2) is 27.6 Å². The highest BCUT2D eigenvalue weighted by molar-refractivity contribution is 9.10. The highest BCUT2D eigenvalue weighted by Crippen LogP contribution is 2.26. The van der Waals surface area contributed by atoms with Gasteiger partial charge >= 0.3 is 0 Å². The summed E-state index contributed by atoms with van der Waals surface area (Å²) in [6.07, 6.45) is 0. The Bertz CT molecular complexity index is 544. The molecule has 6 nitrogen and oxygen atoms in total. The van der Waals surface area contributed by atoms with Crippen molar-refractivity contribution in [2.45, 2.75) is 4.90 Å². The number of anilines is 1. The van der Waals surface area contributed by atoms with Crippen molar-refractivity contribution in [2.24, 2.45) is 5.73 Å². The molecule has 0 aliphatic heterocycles. The van der Waals surface area contributed by atoms with Crippen LogP contribution in [0.4, 0.5) is 5.69 Å². The van der Waals surface area contributed by atoms with Gasteiger partial charge in [0.1, 0.15) is 0 Å². The van der Waals surface area contributed by atoms with Gasteiger partial charge in [0.25, 0.3) is 0 Å². The number of halogens is 1. The number of hydrogen-bond acceptors (Lipinski definition) is 4. The van der Waals surface area contributed by atoms with E-state index < -0.39 is 15.9 Å². The van der Waals surface area contributed by atoms with Gasteiger partial charge in [-0.05, 0) is 34.1 Å². The summed E-state index contributed by atoms with van der Waals surface area (Å²) in [4.78, 5) is 10.7. The van der Waals surface area contributed by atoms with E-state index in [9.17, 15) is 13.2 Å². The van der Waals surface area contributed by atoms with Gasteiger partial charge in [-0.2, -0.15) is 4.31 Å². The molecule has 0 saturated carbocycles. The SMILES string of the molecule is CN(CC(N)=O)S(=O)(=O)c1ccc(N)cc1Br. The molecule has 0 aromatic heterocycles. The van der Waals surface area contributed by atoms with E-state index in [2.05, 4.69) is 15.9 Å². The van der Waals surface area contributed by atoms with E-state index in [4.69, 9.17) is 11.5 Å². The Balaban J connectivity index is 3.17. The third-order valence-corrected chi connectivity index (χ3v) is 4.80. The van der Waals surface area contributed by atoms with E-state index in [0.29, 0.717) is 10.2 Å². The summed E-state index contributed by atoms with van der Waals surface area (Å²) in [7, 11) is -2.47. The summed E-state index contributed by atoms with van der Waals surface area (Å²) >= 11 is 3.12. The number of nitrogens with zero attached hydrogens (tertiary/aromatic N) is 1. The number of nitrogens with two attached hydrogens (primary N) is 2. The van der Waals surface area contributed by atoms with Crippen LogP contribution in [-0.4, -0.2) is 32.2 Å². The fourth-order valence-corrected chi connectivity index (χ4v) is 3.39. The minimum atomic E-state index is -3.75. The summed E-state index contributed by atoms with van der Waals surface area (Å²) < 4.78 is 25.3. The number of rotatable bonds is 4. The topological polar surface area (TPSA) is 106 Å². The number of benzene rings is 1. The van der Waals surface area contributed by atoms with Crippen molar-refractivity contribution >= 4 is 37.5 Å². The van der Waals surface area contributed by atoms with Gasteiger partial charge in [-0.15, -0.1) is 0 Å². The Kier molecular flexibility index (Phi) is 4.12. The Hall–Kier alpha value is -1.12. The maximum atomic E-state index is 12.0. The zero-order valence-corrected chi connectivity index (χ0v) is 11.5. The highest BCUT2D eigenvalue weighted by atomic mass is 79.9. The van der Waals surface area contributed by atoms with E-state index >= 15 is 0 Å². The van der Waals surface area contributed by atoms with Crippen molar-refractivity contribution in [3.05, 3.63) is 22.7 Å². The molecule has 8 heteroatoms. The summed E-state index contributed by atoms with van der Waals surface area (Å²) in [5.41, 5.74) is 10.9. The minimum Gasteiger partial charge on any atom is -0.399 e. The second-order valence-corrected chi connectivity index (χ2v) is 6.28. The zero-order chi connectivity index (χ0) is 13.2. The number of sulfonamides is 1. The Morgan fingerprint density at radius 3 is 2.53 bits per heavy atom. The monoisotopic (exact) mass is 321 g/mol. The van der Waals surface area contributed by atoms with Gasteiger partial charge in [-0.1, -0.05) is 0 Å². The molecule has 0 radical (unpaired) electrons. The lowest BCUT2D eigenvalue weighted by molar-refractivity contribution is -0.118. The Morgan fingerprint density at radius 2 is 2.06 bits per heavy atom. The van der Waals surface area contributed by atoms with E-state index in [0.717, 1.165) is 4.31 Å². The smallest absolute Gasteiger partial charge is 0.244 e. The summed E-state index contributed by atoms with van der Waals surface area (Å²) in [5.74, 6) is -0.720. The van der Waals surface area contributed by atoms with Crippen molar-refractivity contribution in [3.8, 4) is 0 Å². The van der Waals surface area contributed by atoms with Crippen LogP contribution >= 0.6 is 15.9 Å². The Morgan fingerprint density at radius 1 is 1.47 bits per heavy atom. The van der Waals surface area contributed by atoms with Crippen LogP contribution in [-0.2, 0) is 14.8 Å². The molecule has 0 aliphatic rings. The number of hydrogen-bond donors (Lipinski definition) is 2. The van der Waals surface area contributed by atoms with Crippen LogP contribution in [0.5, 0.6) is 0 Å². The molecule has 1 aromatic carbocycles. The van der Waals surface area contributed by atoms with Gasteiger partial charge in [0.2, 0.25) is 15.9 Å². The third kappa shape index (κ3) is 3.18. The second kappa shape index (κ2) is 5.03. The number of primary amides is 1. The third-order valence-electron chi connectivity index (χ3n) is 2.02. The van der Waals surface area contributed by atoms with Gasteiger partial charge in [-0.3, -0.25) is 4.79 Å². The van der Waals surface area contributed by atoms with E-state index in [1.54, 1.807) is 0 Å². The Labute approximate surface area is 108 Å². The predicted molar refractivity (Wildman–Crippen MR) is 67.6 cm³/mol. The molecule has 17 heavy (non-hydrogen) atoms. The van der Waals surface area contributed by atoms with Crippen molar-refractivity contribution in [1.29, 1.82) is 0 Å². The molecule has 0 atom stereocenters. The molecule has 0 bridgehead atoms. The quantitative estimate of drug-likeness (QED) is 0.769. The first-order valence-electron chi connectivity index (χ1n) is 4.55. The molecule has 94 valence electrons.